The summed E-state index contributed by atoms with van der Waals surface area (Å²) in [5.74, 6) is 5.43. The second kappa shape index (κ2) is 6.65. The number of carbonyl (C=O) groups is 1. The number of nitrogens with zero attached hydrogens (tertiary/aromatic N) is 1. The van der Waals surface area contributed by atoms with Gasteiger partial charge in [-0.1, -0.05) is 51.3 Å². The molecule has 1 aromatic heterocycles. The van der Waals surface area contributed by atoms with Gasteiger partial charge in [-0.05, 0) is 54.2 Å². The van der Waals surface area contributed by atoms with E-state index in [1.807, 2.05) is 6.08 Å². The van der Waals surface area contributed by atoms with E-state index in [0.717, 1.165) is 6.42 Å². The minimum atomic E-state index is -0.979. The van der Waals surface area contributed by atoms with E-state index in [0.29, 0.717) is 11.6 Å². The van der Waals surface area contributed by atoms with Gasteiger partial charge in [-0.15, -0.1) is 0 Å². The first-order chi connectivity index (χ1) is 11.1. The maximum absolute atomic E-state index is 10.8. The second-order valence-corrected chi connectivity index (χ2v) is 7.71. The standard InChI is InChI=1S/C21H25NO2/c1-15-12-20(2,3)13-17(21(15,4)5)8-6-7-9-18-11-10-16(14-22-18)19(23)24/h6,8,10-12,14,17H,13H2,1-5H3,(H,23,24). The minimum absolute atomic E-state index is 0.134. The van der Waals surface area contributed by atoms with Gasteiger partial charge in [0.15, 0.2) is 0 Å². The Bertz CT molecular complexity index is 740. The molecule has 0 fully saturated rings. The molecule has 1 aliphatic carbocycles. The first kappa shape index (κ1) is 18.0. The summed E-state index contributed by atoms with van der Waals surface area (Å²) in [6, 6.07) is 3.15. The summed E-state index contributed by atoms with van der Waals surface area (Å²) in [6.45, 7) is 11.3. The predicted molar refractivity (Wildman–Crippen MR) is 96.6 cm³/mol. The Morgan fingerprint density at radius 3 is 2.62 bits per heavy atom. The molecule has 2 rings (SSSR count). The van der Waals surface area contributed by atoms with Crippen LogP contribution in [0.5, 0.6) is 0 Å². The van der Waals surface area contributed by atoms with Crippen LogP contribution in [0.15, 0.2) is 42.1 Å². The molecule has 0 bridgehead atoms. The van der Waals surface area contributed by atoms with E-state index >= 15 is 0 Å². The van der Waals surface area contributed by atoms with Crippen molar-refractivity contribution in [2.45, 2.75) is 41.0 Å². The zero-order valence-electron chi connectivity index (χ0n) is 15.1. The number of carboxylic acid groups (broad SMARTS) is 1. The van der Waals surface area contributed by atoms with Crippen molar-refractivity contribution in [1.29, 1.82) is 0 Å². The van der Waals surface area contributed by atoms with Crippen LogP contribution in [0, 0.1) is 28.6 Å². The highest BCUT2D eigenvalue weighted by molar-refractivity contribution is 5.87. The zero-order valence-corrected chi connectivity index (χ0v) is 15.1. The maximum atomic E-state index is 10.8. The van der Waals surface area contributed by atoms with Gasteiger partial charge in [-0.25, -0.2) is 9.78 Å². The summed E-state index contributed by atoms with van der Waals surface area (Å²) < 4.78 is 0. The van der Waals surface area contributed by atoms with Gasteiger partial charge >= 0.3 is 5.97 Å². The van der Waals surface area contributed by atoms with Crippen molar-refractivity contribution in [1.82, 2.24) is 4.98 Å². The molecule has 0 saturated carbocycles. The van der Waals surface area contributed by atoms with Gasteiger partial charge in [-0.3, -0.25) is 0 Å². The first-order valence-electron chi connectivity index (χ1n) is 8.19. The molecule has 0 amide bonds. The largest absolute Gasteiger partial charge is 0.478 e. The number of aromatic carboxylic acids is 1. The molecule has 1 heterocycles. The molecule has 0 aliphatic heterocycles. The van der Waals surface area contributed by atoms with Crippen molar-refractivity contribution >= 4 is 5.97 Å². The van der Waals surface area contributed by atoms with E-state index in [9.17, 15) is 4.79 Å². The molecular formula is C21H25NO2. The van der Waals surface area contributed by atoms with Crippen molar-refractivity contribution < 1.29 is 9.90 Å². The van der Waals surface area contributed by atoms with Crippen molar-refractivity contribution in [2.24, 2.45) is 16.7 Å². The second-order valence-electron chi connectivity index (χ2n) is 7.71. The molecule has 126 valence electrons. The highest BCUT2D eigenvalue weighted by atomic mass is 16.4. The summed E-state index contributed by atoms with van der Waals surface area (Å²) in [5, 5.41) is 8.86. The Labute approximate surface area is 144 Å². The summed E-state index contributed by atoms with van der Waals surface area (Å²) >= 11 is 0. The molecule has 24 heavy (non-hydrogen) atoms. The number of carboxylic acids is 1. The van der Waals surface area contributed by atoms with Crippen LogP contribution in [-0.2, 0) is 0 Å². The van der Waals surface area contributed by atoms with Crippen LogP contribution in [0.4, 0.5) is 0 Å². The quantitative estimate of drug-likeness (QED) is 0.633. The van der Waals surface area contributed by atoms with Gasteiger partial charge in [0.2, 0.25) is 0 Å². The molecule has 1 aromatic rings. The maximum Gasteiger partial charge on any atom is 0.337 e. The van der Waals surface area contributed by atoms with E-state index in [2.05, 4.69) is 63.6 Å². The molecule has 0 aromatic carbocycles. The fourth-order valence-electron chi connectivity index (χ4n) is 3.13. The normalized spacial score (nSPS) is 21.7. The van der Waals surface area contributed by atoms with E-state index < -0.39 is 5.97 Å². The molecule has 1 N–H and O–H groups in total. The van der Waals surface area contributed by atoms with E-state index in [1.54, 1.807) is 6.07 Å². The third-order valence-electron chi connectivity index (χ3n) is 4.92. The highest BCUT2D eigenvalue weighted by Gasteiger charge is 2.37. The Hall–Kier alpha value is -2.34. The smallest absolute Gasteiger partial charge is 0.337 e. The topological polar surface area (TPSA) is 50.2 Å². The van der Waals surface area contributed by atoms with Crippen molar-refractivity contribution in [2.75, 3.05) is 0 Å². The highest BCUT2D eigenvalue weighted by Crippen LogP contribution is 2.48. The summed E-state index contributed by atoms with van der Waals surface area (Å²) in [7, 11) is 0. The Balaban J connectivity index is 2.12. The van der Waals surface area contributed by atoms with Crippen molar-refractivity contribution in [3.63, 3.8) is 0 Å². The third kappa shape index (κ3) is 4.14. The van der Waals surface area contributed by atoms with Crippen LogP contribution in [-0.4, -0.2) is 16.1 Å². The summed E-state index contributed by atoms with van der Waals surface area (Å²) in [6.07, 6.45) is 8.90. The molecule has 0 saturated heterocycles. The van der Waals surface area contributed by atoms with Gasteiger partial charge in [0, 0.05) is 6.20 Å². The predicted octanol–water partition coefficient (Wildman–Crippen LogP) is 4.71. The summed E-state index contributed by atoms with van der Waals surface area (Å²) in [4.78, 5) is 14.8. The summed E-state index contributed by atoms with van der Waals surface area (Å²) in [5.41, 5.74) is 2.51. The lowest BCUT2D eigenvalue weighted by Crippen LogP contribution is -2.33. The van der Waals surface area contributed by atoms with E-state index in [-0.39, 0.29) is 16.4 Å². The Morgan fingerprint density at radius 2 is 2.04 bits per heavy atom. The van der Waals surface area contributed by atoms with Crippen LogP contribution >= 0.6 is 0 Å². The number of rotatable bonds is 2. The third-order valence-corrected chi connectivity index (χ3v) is 4.92. The fourth-order valence-corrected chi connectivity index (χ4v) is 3.13. The van der Waals surface area contributed by atoms with Gasteiger partial charge in [-0.2, -0.15) is 0 Å². The number of aromatic nitrogens is 1. The molecule has 3 nitrogen and oxygen atoms in total. The van der Waals surface area contributed by atoms with Crippen LogP contribution in [0.3, 0.4) is 0 Å². The zero-order chi connectivity index (χ0) is 18.0. The number of pyridine rings is 1. The van der Waals surface area contributed by atoms with Crippen molar-refractivity contribution in [3.8, 4) is 11.8 Å². The molecule has 0 radical (unpaired) electrons. The molecule has 1 unspecified atom stereocenters. The van der Waals surface area contributed by atoms with Gasteiger partial charge in [0.1, 0.15) is 5.69 Å². The van der Waals surface area contributed by atoms with Crippen LogP contribution < -0.4 is 0 Å². The molecule has 1 aliphatic rings. The molecule has 1 atom stereocenters. The van der Waals surface area contributed by atoms with E-state index in [1.165, 1.54) is 17.8 Å². The van der Waals surface area contributed by atoms with Crippen LogP contribution in [0.25, 0.3) is 0 Å². The Kier molecular flexibility index (Phi) is 4.99. The molecule has 3 heteroatoms. The first-order valence-corrected chi connectivity index (χ1v) is 8.19. The Morgan fingerprint density at radius 1 is 1.33 bits per heavy atom. The van der Waals surface area contributed by atoms with Gasteiger partial charge in [0.25, 0.3) is 0 Å². The van der Waals surface area contributed by atoms with Crippen LogP contribution in [0.2, 0.25) is 0 Å². The van der Waals surface area contributed by atoms with Crippen molar-refractivity contribution in [3.05, 3.63) is 53.4 Å². The average Bonchev–Trinajstić information content (AvgIpc) is 2.48. The number of hydrogen-bond acceptors (Lipinski definition) is 2. The SMILES string of the molecule is CC1=CC(C)(C)CC(C=CC#Cc2ccc(C(=O)O)cn2)C1(C)C. The lowest BCUT2D eigenvalue weighted by Gasteiger charge is -2.43. The fraction of sp³-hybridized carbons (Fsp3) is 0.429. The number of allylic oxidation sites excluding steroid dienone is 4. The van der Waals surface area contributed by atoms with Gasteiger partial charge < -0.3 is 5.11 Å². The monoisotopic (exact) mass is 323 g/mol. The lowest BCUT2D eigenvalue weighted by atomic mass is 9.61. The molecule has 0 spiro atoms. The number of hydrogen-bond donors (Lipinski definition) is 1. The minimum Gasteiger partial charge on any atom is -0.478 e. The van der Waals surface area contributed by atoms with Crippen LogP contribution in [0.1, 0.15) is 57.1 Å². The average molecular weight is 323 g/mol. The molecular weight excluding hydrogens is 298 g/mol. The lowest BCUT2D eigenvalue weighted by molar-refractivity contribution is 0.0696. The van der Waals surface area contributed by atoms with E-state index in [4.69, 9.17) is 5.11 Å². The van der Waals surface area contributed by atoms with Gasteiger partial charge in [0.05, 0.1) is 5.56 Å².